The van der Waals surface area contributed by atoms with E-state index in [0.717, 1.165) is 0 Å². The van der Waals surface area contributed by atoms with Gasteiger partial charge in [-0.1, -0.05) is 19.1 Å². The normalized spacial score (nSPS) is 25.3. The van der Waals surface area contributed by atoms with Crippen LogP contribution in [0.1, 0.15) is 38.2 Å². The summed E-state index contributed by atoms with van der Waals surface area (Å²) < 4.78 is 176. The molecule has 1 saturated carbocycles. The van der Waals surface area contributed by atoms with E-state index < -0.39 is 72.3 Å². The van der Waals surface area contributed by atoms with E-state index in [-0.39, 0.29) is 5.75 Å². The van der Waals surface area contributed by atoms with E-state index in [9.17, 15) is 67.4 Å². The zero-order chi connectivity index (χ0) is 27.5. The average Bonchev–Trinajstić information content (AvgIpc) is 2.73. The first-order chi connectivity index (χ1) is 15.5. The van der Waals surface area contributed by atoms with Gasteiger partial charge in [-0.3, -0.25) is 0 Å². The number of nitrogens with zero attached hydrogens (tertiary/aromatic N) is 1. The van der Waals surface area contributed by atoms with E-state index in [1.165, 1.54) is 31.2 Å². The maximum absolute atomic E-state index is 14.8. The number of nitriles is 1. The lowest BCUT2D eigenvalue weighted by Crippen LogP contribution is -2.72. The van der Waals surface area contributed by atoms with Crippen LogP contribution >= 0.6 is 0 Å². The Labute approximate surface area is 189 Å². The first-order valence-electron chi connectivity index (χ1n) is 9.64. The fraction of sp³-hybridized carbons (Fsp3) is 0.650. The van der Waals surface area contributed by atoms with E-state index in [4.69, 9.17) is 0 Å². The molecule has 35 heavy (non-hydrogen) atoms. The van der Waals surface area contributed by atoms with Gasteiger partial charge in [-0.25, -0.2) is 0 Å². The summed E-state index contributed by atoms with van der Waals surface area (Å²) in [5.74, 6) is -37.9. The lowest BCUT2D eigenvalue weighted by atomic mass is 9.59. The maximum Gasteiger partial charge on any atom is 0.460 e. The number of phenols is 1. The number of rotatable bonds is 6. The molecule has 0 bridgehead atoms. The predicted molar refractivity (Wildman–Crippen MR) is 92.8 cm³/mol. The number of phenolic OH excluding ortho intramolecular Hbond substituents is 1. The van der Waals surface area contributed by atoms with Crippen LogP contribution in [0.2, 0.25) is 0 Å². The summed E-state index contributed by atoms with van der Waals surface area (Å²) in [7, 11) is 0. The highest BCUT2D eigenvalue weighted by Crippen LogP contribution is 2.65. The van der Waals surface area contributed by atoms with E-state index in [1.807, 2.05) is 0 Å². The van der Waals surface area contributed by atoms with Gasteiger partial charge in [0, 0.05) is 0 Å². The van der Waals surface area contributed by atoms with E-state index in [2.05, 4.69) is 0 Å². The van der Waals surface area contributed by atoms with Gasteiger partial charge in [0.15, 0.2) is 0 Å². The van der Waals surface area contributed by atoms with Crippen molar-refractivity contribution in [3.8, 4) is 11.8 Å². The van der Waals surface area contributed by atoms with Crippen molar-refractivity contribution >= 4 is 0 Å². The number of hydrogen-bond donors (Lipinski definition) is 1. The standard InChI is InChI=1S/C20H16F13NO/c1-13(11-2-4-12(35)5-3-11)6-8-14(10-34,9-7-13)15(21,22)16(23,24)17(25,26)18(27,28)19(29,30)20(31,32)33/h2-5,35H,6-9H2,1H3. The third-order valence-electron chi connectivity index (χ3n) is 6.52. The summed E-state index contributed by atoms with van der Waals surface area (Å²) >= 11 is 0. The lowest BCUT2D eigenvalue weighted by Gasteiger charge is -2.48. The van der Waals surface area contributed by atoms with Gasteiger partial charge in [0.1, 0.15) is 11.2 Å². The summed E-state index contributed by atoms with van der Waals surface area (Å²) in [6.07, 6.45) is -11.3. The first-order valence-corrected chi connectivity index (χ1v) is 9.64. The van der Waals surface area contributed by atoms with Crippen molar-refractivity contribution in [1.82, 2.24) is 0 Å². The molecule has 0 radical (unpaired) electrons. The van der Waals surface area contributed by atoms with Gasteiger partial charge < -0.3 is 5.11 Å². The minimum absolute atomic E-state index is 0.204. The van der Waals surface area contributed by atoms with Gasteiger partial charge in [0.2, 0.25) is 0 Å². The number of benzene rings is 1. The van der Waals surface area contributed by atoms with Gasteiger partial charge in [-0.15, -0.1) is 0 Å². The van der Waals surface area contributed by atoms with Crippen LogP contribution < -0.4 is 0 Å². The van der Waals surface area contributed by atoms with Crippen LogP contribution in [0.3, 0.4) is 0 Å². The Hall–Kier alpha value is -2.40. The van der Waals surface area contributed by atoms with Crippen LogP contribution in [0.4, 0.5) is 57.1 Å². The molecule has 0 atom stereocenters. The second-order valence-electron chi connectivity index (χ2n) is 8.67. The fourth-order valence-electron chi connectivity index (χ4n) is 3.95. The van der Waals surface area contributed by atoms with Crippen LogP contribution in [0, 0.1) is 16.7 Å². The van der Waals surface area contributed by atoms with Crippen LogP contribution in [0.25, 0.3) is 0 Å². The molecule has 1 aliphatic rings. The van der Waals surface area contributed by atoms with Gasteiger partial charge in [-0.2, -0.15) is 62.3 Å². The quantitative estimate of drug-likeness (QED) is 0.386. The smallest absolute Gasteiger partial charge is 0.460 e. The summed E-state index contributed by atoms with van der Waals surface area (Å²) in [5.41, 5.74) is -4.60. The summed E-state index contributed by atoms with van der Waals surface area (Å²) in [4.78, 5) is 0. The van der Waals surface area contributed by atoms with Crippen molar-refractivity contribution in [1.29, 1.82) is 5.26 Å². The Morgan fingerprint density at radius 2 is 1.09 bits per heavy atom. The second kappa shape index (κ2) is 8.06. The monoisotopic (exact) mass is 533 g/mol. The number of halogens is 13. The molecule has 0 aromatic heterocycles. The van der Waals surface area contributed by atoms with Crippen molar-refractivity contribution < 1.29 is 62.2 Å². The molecule has 198 valence electrons. The van der Waals surface area contributed by atoms with Crippen molar-refractivity contribution in [3.63, 3.8) is 0 Å². The zero-order valence-electron chi connectivity index (χ0n) is 17.4. The Balaban J connectivity index is 2.50. The molecular formula is C20H16F13NO. The molecule has 2 rings (SSSR count). The third-order valence-corrected chi connectivity index (χ3v) is 6.52. The molecule has 1 N–H and O–H groups in total. The molecule has 1 aromatic rings. The Kier molecular flexibility index (Phi) is 6.64. The molecule has 0 unspecified atom stereocenters. The highest BCUT2D eigenvalue weighted by molar-refractivity contribution is 5.33. The van der Waals surface area contributed by atoms with E-state index in [0.29, 0.717) is 11.6 Å². The van der Waals surface area contributed by atoms with Crippen LogP contribution in [-0.2, 0) is 5.41 Å². The minimum atomic E-state index is -8.00. The minimum Gasteiger partial charge on any atom is -0.508 e. The Bertz CT molecular complexity index is 968. The van der Waals surface area contributed by atoms with Gasteiger partial charge >= 0.3 is 35.8 Å². The molecule has 0 heterocycles. The molecule has 1 aliphatic carbocycles. The number of hydrogen-bond acceptors (Lipinski definition) is 2. The topological polar surface area (TPSA) is 44.0 Å². The molecule has 0 aliphatic heterocycles. The van der Waals surface area contributed by atoms with E-state index in [1.54, 1.807) is 0 Å². The average molecular weight is 533 g/mol. The Morgan fingerprint density at radius 1 is 0.686 bits per heavy atom. The summed E-state index contributed by atoms with van der Waals surface area (Å²) in [6.45, 7) is 1.41. The summed E-state index contributed by atoms with van der Waals surface area (Å²) in [6, 6.07) is 5.69. The Morgan fingerprint density at radius 3 is 1.46 bits per heavy atom. The van der Waals surface area contributed by atoms with Crippen LogP contribution in [0.5, 0.6) is 5.75 Å². The van der Waals surface area contributed by atoms with Gasteiger partial charge in [-0.05, 0) is 48.8 Å². The van der Waals surface area contributed by atoms with Crippen molar-refractivity contribution in [2.45, 2.75) is 73.8 Å². The first kappa shape index (κ1) is 28.8. The lowest BCUT2D eigenvalue weighted by molar-refractivity contribution is -0.446. The molecule has 0 saturated heterocycles. The van der Waals surface area contributed by atoms with Gasteiger partial charge in [0.25, 0.3) is 0 Å². The predicted octanol–water partition coefficient (Wildman–Crippen LogP) is 7.47. The largest absolute Gasteiger partial charge is 0.508 e. The van der Waals surface area contributed by atoms with Gasteiger partial charge in [0.05, 0.1) is 6.07 Å². The number of aromatic hydroxyl groups is 1. The van der Waals surface area contributed by atoms with Crippen molar-refractivity contribution in [3.05, 3.63) is 29.8 Å². The molecule has 0 amide bonds. The fourth-order valence-corrected chi connectivity index (χ4v) is 3.95. The number of alkyl halides is 13. The van der Waals surface area contributed by atoms with Crippen LogP contribution in [-0.4, -0.2) is 40.9 Å². The molecule has 0 spiro atoms. The molecule has 15 heteroatoms. The maximum atomic E-state index is 14.8. The van der Waals surface area contributed by atoms with E-state index >= 15 is 0 Å². The third kappa shape index (κ3) is 3.87. The SMILES string of the molecule is CC1(c2ccc(O)cc2)CCC(C#N)(C(F)(F)C(F)(F)C(F)(F)C(F)(F)C(F)(F)C(F)(F)F)CC1. The summed E-state index contributed by atoms with van der Waals surface area (Å²) in [5, 5.41) is 18.5. The van der Waals surface area contributed by atoms with Crippen molar-refractivity contribution in [2.24, 2.45) is 5.41 Å². The van der Waals surface area contributed by atoms with Crippen LogP contribution in [0.15, 0.2) is 24.3 Å². The zero-order valence-corrected chi connectivity index (χ0v) is 17.4. The molecule has 1 fully saturated rings. The second-order valence-corrected chi connectivity index (χ2v) is 8.67. The highest BCUT2D eigenvalue weighted by Gasteiger charge is 2.92. The molecule has 2 nitrogen and oxygen atoms in total. The molecular weight excluding hydrogens is 517 g/mol. The molecule has 1 aromatic carbocycles. The van der Waals surface area contributed by atoms with Crippen molar-refractivity contribution in [2.75, 3.05) is 0 Å². The highest BCUT2D eigenvalue weighted by atomic mass is 19.4.